The van der Waals surface area contributed by atoms with E-state index in [0.29, 0.717) is 6.04 Å². The summed E-state index contributed by atoms with van der Waals surface area (Å²) in [7, 11) is 0. The molecular weight excluding hydrogens is 222 g/mol. The van der Waals surface area contributed by atoms with E-state index in [9.17, 15) is 5.11 Å². The Balaban J connectivity index is 1.43. The lowest BCUT2D eigenvalue weighted by Gasteiger charge is -2.39. The van der Waals surface area contributed by atoms with Crippen molar-refractivity contribution in [3.8, 4) is 0 Å². The van der Waals surface area contributed by atoms with E-state index in [2.05, 4.69) is 11.8 Å². The molecule has 0 bridgehead atoms. The summed E-state index contributed by atoms with van der Waals surface area (Å²) in [5.74, 6) is 3.15. The molecule has 2 aliphatic carbocycles. The third kappa shape index (κ3) is 3.08. The van der Waals surface area contributed by atoms with Gasteiger partial charge in [0.25, 0.3) is 0 Å². The van der Waals surface area contributed by atoms with Crippen molar-refractivity contribution in [2.24, 2.45) is 17.8 Å². The zero-order valence-electron chi connectivity index (χ0n) is 11.9. The van der Waals surface area contributed by atoms with Crippen molar-refractivity contribution in [2.45, 2.75) is 70.4 Å². The van der Waals surface area contributed by atoms with Gasteiger partial charge in [-0.15, -0.1) is 0 Å². The van der Waals surface area contributed by atoms with Crippen LogP contribution >= 0.6 is 0 Å². The number of piperidine rings is 1. The van der Waals surface area contributed by atoms with Crippen LogP contribution in [0.1, 0.15) is 58.3 Å². The lowest BCUT2D eigenvalue weighted by molar-refractivity contribution is 0.0342. The number of aliphatic hydroxyl groups excluding tert-OH is 1. The molecule has 1 N–H and O–H groups in total. The predicted molar refractivity (Wildman–Crippen MR) is 74.4 cm³/mol. The Morgan fingerprint density at radius 1 is 0.944 bits per heavy atom. The third-order valence-electron chi connectivity index (χ3n) is 5.66. The van der Waals surface area contributed by atoms with Crippen LogP contribution in [0.15, 0.2) is 0 Å². The fourth-order valence-corrected chi connectivity index (χ4v) is 4.21. The molecule has 0 aromatic rings. The minimum absolute atomic E-state index is 0.0400. The van der Waals surface area contributed by atoms with Crippen LogP contribution in [0, 0.1) is 17.8 Å². The molecule has 1 heterocycles. The third-order valence-corrected chi connectivity index (χ3v) is 5.66. The molecule has 0 radical (unpaired) electrons. The number of hydrogen-bond donors (Lipinski definition) is 1. The quantitative estimate of drug-likeness (QED) is 0.833. The van der Waals surface area contributed by atoms with Gasteiger partial charge >= 0.3 is 0 Å². The summed E-state index contributed by atoms with van der Waals surface area (Å²) < 4.78 is 0. The summed E-state index contributed by atoms with van der Waals surface area (Å²) in [5.41, 5.74) is 0. The lowest BCUT2D eigenvalue weighted by atomic mass is 9.79. The van der Waals surface area contributed by atoms with Gasteiger partial charge in [0, 0.05) is 19.1 Å². The van der Waals surface area contributed by atoms with Crippen LogP contribution in [-0.4, -0.2) is 35.2 Å². The number of nitrogens with zero attached hydrogens (tertiary/aromatic N) is 1. The zero-order chi connectivity index (χ0) is 12.5. The average Bonchev–Trinajstić information content (AvgIpc) is 3.18. The summed E-state index contributed by atoms with van der Waals surface area (Å²) in [6, 6.07) is 0.593. The van der Waals surface area contributed by atoms with Crippen molar-refractivity contribution in [3.63, 3.8) is 0 Å². The first kappa shape index (κ1) is 12.9. The Bertz CT molecular complexity index is 268. The van der Waals surface area contributed by atoms with E-state index in [1.165, 1.54) is 45.1 Å². The largest absolute Gasteiger partial charge is 0.393 e. The first-order chi connectivity index (χ1) is 8.72. The molecule has 0 aromatic heterocycles. The molecule has 2 atom stereocenters. The Hall–Kier alpha value is -0.0800. The first-order valence-corrected chi connectivity index (χ1v) is 8.14. The number of rotatable bonds is 3. The van der Waals surface area contributed by atoms with Crippen molar-refractivity contribution in [2.75, 3.05) is 13.1 Å². The summed E-state index contributed by atoms with van der Waals surface area (Å²) in [4.78, 5) is 2.63. The monoisotopic (exact) mass is 251 g/mol. The molecule has 0 aromatic carbocycles. The normalized spacial score (nSPS) is 43.0. The van der Waals surface area contributed by atoms with E-state index in [4.69, 9.17) is 0 Å². The van der Waals surface area contributed by atoms with E-state index in [1.54, 1.807) is 0 Å². The second kappa shape index (κ2) is 5.50. The highest BCUT2D eigenvalue weighted by atomic mass is 16.3. The Labute approximate surface area is 112 Å². The molecule has 2 saturated carbocycles. The summed E-state index contributed by atoms with van der Waals surface area (Å²) >= 11 is 0. The highest BCUT2D eigenvalue weighted by molar-refractivity contribution is 4.87. The van der Waals surface area contributed by atoms with Crippen LogP contribution in [0.5, 0.6) is 0 Å². The van der Waals surface area contributed by atoms with E-state index in [0.717, 1.165) is 37.1 Å². The van der Waals surface area contributed by atoms with Crippen LogP contribution in [0.25, 0.3) is 0 Å². The van der Waals surface area contributed by atoms with Crippen molar-refractivity contribution in [1.29, 1.82) is 0 Å². The van der Waals surface area contributed by atoms with Crippen LogP contribution < -0.4 is 0 Å². The van der Waals surface area contributed by atoms with Gasteiger partial charge in [0.15, 0.2) is 0 Å². The van der Waals surface area contributed by atoms with Gasteiger partial charge in [0.2, 0.25) is 0 Å². The molecule has 3 fully saturated rings. The Kier molecular flexibility index (Phi) is 3.95. The maximum Gasteiger partial charge on any atom is 0.0567 e. The molecule has 3 rings (SSSR count). The maximum absolute atomic E-state index is 9.68. The van der Waals surface area contributed by atoms with Crippen molar-refractivity contribution < 1.29 is 5.11 Å². The van der Waals surface area contributed by atoms with Gasteiger partial charge in [0.05, 0.1) is 6.10 Å². The number of aliphatic hydroxyl groups is 1. The first-order valence-electron chi connectivity index (χ1n) is 8.14. The Morgan fingerprint density at radius 2 is 1.56 bits per heavy atom. The molecule has 2 nitrogen and oxygen atoms in total. The van der Waals surface area contributed by atoms with Crippen molar-refractivity contribution in [3.05, 3.63) is 0 Å². The summed E-state index contributed by atoms with van der Waals surface area (Å²) in [6.45, 7) is 4.70. The zero-order valence-corrected chi connectivity index (χ0v) is 11.9. The molecule has 2 heteroatoms. The van der Waals surface area contributed by atoms with Gasteiger partial charge in [-0.05, 0) is 76.0 Å². The molecule has 18 heavy (non-hydrogen) atoms. The van der Waals surface area contributed by atoms with Gasteiger partial charge in [-0.2, -0.15) is 0 Å². The molecule has 2 unspecified atom stereocenters. The van der Waals surface area contributed by atoms with Crippen LogP contribution in [0.2, 0.25) is 0 Å². The molecule has 0 spiro atoms. The highest BCUT2D eigenvalue weighted by Gasteiger charge is 2.35. The Morgan fingerprint density at radius 3 is 2.11 bits per heavy atom. The van der Waals surface area contributed by atoms with Gasteiger partial charge in [0.1, 0.15) is 0 Å². The minimum Gasteiger partial charge on any atom is -0.393 e. The van der Waals surface area contributed by atoms with E-state index in [-0.39, 0.29) is 6.10 Å². The molecule has 1 saturated heterocycles. The smallest absolute Gasteiger partial charge is 0.0567 e. The predicted octanol–water partition coefficient (Wildman–Crippen LogP) is 3.05. The standard InChI is InChI=1S/C16H29NO/c1-12-10-16(18)8-9-17(12)11-13-2-4-14(5-3-13)15-6-7-15/h12-16,18H,2-11H2,1H3. The van der Waals surface area contributed by atoms with Crippen molar-refractivity contribution >= 4 is 0 Å². The van der Waals surface area contributed by atoms with Crippen LogP contribution in [-0.2, 0) is 0 Å². The average molecular weight is 251 g/mol. The molecule has 104 valence electrons. The highest BCUT2D eigenvalue weighted by Crippen LogP contribution is 2.45. The second-order valence-electron chi connectivity index (χ2n) is 7.14. The van der Waals surface area contributed by atoms with Gasteiger partial charge in [-0.3, -0.25) is 0 Å². The SMILES string of the molecule is CC1CC(O)CCN1CC1CCC(C2CC2)CC1. The van der Waals surface area contributed by atoms with E-state index in [1.807, 2.05) is 0 Å². The van der Waals surface area contributed by atoms with Gasteiger partial charge in [-0.25, -0.2) is 0 Å². The topological polar surface area (TPSA) is 23.5 Å². The fraction of sp³-hybridized carbons (Fsp3) is 1.00. The summed E-state index contributed by atoms with van der Waals surface area (Å²) in [5, 5.41) is 9.68. The van der Waals surface area contributed by atoms with Crippen LogP contribution in [0.4, 0.5) is 0 Å². The molecule has 1 aliphatic heterocycles. The van der Waals surface area contributed by atoms with Gasteiger partial charge < -0.3 is 10.0 Å². The minimum atomic E-state index is -0.0400. The fourth-order valence-electron chi connectivity index (χ4n) is 4.21. The maximum atomic E-state index is 9.68. The lowest BCUT2D eigenvalue weighted by Crippen LogP contribution is -2.45. The number of likely N-dealkylation sites (tertiary alicyclic amines) is 1. The molecule has 0 amide bonds. The van der Waals surface area contributed by atoms with Crippen molar-refractivity contribution in [1.82, 2.24) is 4.90 Å². The van der Waals surface area contributed by atoms with E-state index >= 15 is 0 Å². The summed E-state index contributed by atoms with van der Waals surface area (Å²) in [6.07, 6.45) is 10.9. The van der Waals surface area contributed by atoms with Crippen LogP contribution in [0.3, 0.4) is 0 Å². The second-order valence-corrected chi connectivity index (χ2v) is 7.14. The van der Waals surface area contributed by atoms with E-state index < -0.39 is 0 Å². The molecular formula is C16H29NO. The molecule has 3 aliphatic rings. The number of hydrogen-bond acceptors (Lipinski definition) is 2. The van der Waals surface area contributed by atoms with Gasteiger partial charge in [-0.1, -0.05) is 0 Å².